The smallest absolute Gasteiger partial charge is 0.313 e. The number of likely N-dealkylation sites (tertiary alicyclic amines) is 1. The molecule has 36 heavy (non-hydrogen) atoms. The van der Waals surface area contributed by atoms with Crippen molar-refractivity contribution in [3.63, 3.8) is 0 Å². The SMILES string of the molecule is C=CCOC(=O)[C@@H]1[C@H]2C(=O)N(CCO)C(C(=O)N(CC=C)C(C)(C)CC(C)(C)C)C23CC(C)[C@@]1(C)O3. The lowest BCUT2D eigenvalue weighted by atomic mass is 9.62. The molecule has 0 aromatic carbocycles. The van der Waals surface area contributed by atoms with E-state index in [-0.39, 0.29) is 42.9 Å². The second kappa shape index (κ2) is 9.60. The van der Waals surface area contributed by atoms with E-state index in [4.69, 9.17) is 9.47 Å². The number of β-amino-alcohol motifs (C(OH)–C–C–N with tert-alkyl or cyclic N) is 1. The van der Waals surface area contributed by atoms with E-state index in [0.717, 1.165) is 6.42 Å². The number of carbonyl (C=O) groups excluding carboxylic acids is 3. The van der Waals surface area contributed by atoms with Crippen LogP contribution in [0.4, 0.5) is 0 Å². The molecule has 0 aromatic rings. The van der Waals surface area contributed by atoms with E-state index >= 15 is 0 Å². The molecule has 202 valence electrons. The first-order chi connectivity index (χ1) is 16.6. The van der Waals surface area contributed by atoms with Gasteiger partial charge in [-0.15, -0.1) is 6.58 Å². The summed E-state index contributed by atoms with van der Waals surface area (Å²) in [5.74, 6) is -2.88. The quantitative estimate of drug-likeness (QED) is 0.363. The first-order valence-electron chi connectivity index (χ1n) is 12.9. The summed E-state index contributed by atoms with van der Waals surface area (Å²) in [6.07, 6.45) is 4.36. The summed E-state index contributed by atoms with van der Waals surface area (Å²) >= 11 is 0. The Kier molecular flexibility index (Phi) is 7.57. The van der Waals surface area contributed by atoms with Crippen LogP contribution in [0, 0.1) is 23.2 Å². The zero-order valence-electron chi connectivity index (χ0n) is 23.0. The lowest BCUT2D eigenvalue weighted by molar-refractivity contribution is -0.162. The fourth-order valence-corrected chi connectivity index (χ4v) is 7.26. The van der Waals surface area contributed by atoms with E-state index in [1.54, 1.807) is 11.0 Å². The van der Waals surface area contributed by atoms with Gasteiger partial charge in [0.2, 0.25) is 11.8 Å². The van der Waals surface area contributed by atoms with E-state index < -0.39 is 40.6 Å². The molecule has 1 N–H and O–H groups in total. The lowest BCUT2D eigenvalue weighted by Crippen LogP contribution is -2.61. The van der Waals surface area contributed by atoms with Gasteiger partial charge in [-0.05, 0) is 44.9 Å². The number of esters is 1. The molecule has 2 bridgehead atoms. The van der Waals surface area contributed by atoms with Gasteiger partial charge in [-0.2, -0.15) is 0 Å². The van der Waals surface area contributed by atoms with Gasteiger partial charge in [0.15, 0.2) is 0 Å². The number of rotatable bonds is 10. The average molecular weight is 505 g/mol. The second-order valence-electron chi connectivity index (χ2n) is 12.7. The highest BCUT2D eigenvalue weighted by atomic mass is 16.6. The Morgan fingerprint density at radius 3 is 2.42 bits per heavy atom. The normalized spacial score (nSPS) is 33.4. The Balaban J connectivity index is 2.12. The first-order valence-corrected chi connectivity index (χ1v) is 12.9. The topological polar surface area (TPSA) is 96.4 Å². The third kappa shape index (κ3) is 4.40. The van der Waals surface area contributed by atoms with E-state index in [2.05, 4.69) is 33.9 Å². The van der Waals surface area contributed by atoms with Gasteiger partial charge in [0, 0.05) is 18.6 Å². The van der Waals surface area contributed by atoms with Crippen molar-refractivity contribution in [1.82, 2.24) is 9.80 Å². The number of aliphatic hydroxyl groups excluding tert-OH is 1. The summed E-state index contributed by atoms with van der Waals surface area (Å²) in [7, 11) is 0. The summed E-state index contributed by atoms with van der Waals surface area (Å²) in [6, 6.07) is -0.956. The molecular formula is C28H44N2O6. The largest absolute Gasteiger partial charge is 0.461 e. The Morgan fingerprint density at radius 2 is 1.89 bits per heavy atom. The van der Waals surface area contributed by atoms with Crippen molar-refractivity contribution in [2.75, 3.05) is 26.3 Å². The van der Waals surface area contributed by atoms with Crippen molar-refractivity contribution in [2.45, 2.75) is 84.1 Å². The molecule has 3 unspecified atom stereocenters. The van der Waals surface area contributed by atoms with Gasteiger partial charge in [-0.3, -0.25) is 14.4 Å². The number of fused-ring (bicyclic) bond motifs is 1. The fraction of sp³-hybridized carbons (Fsp3) is 0.750. The summed E-state index contributed by atoms with van der Waals surface area (Å²) in [5, 5.41) is 9.84. The number of nitrogens with zero attached hydrogens (tertiary/aromatic N) is 2. The van der Waals surface area contributed by atoms with E-state index in [1.807, 2.05) is 27.7 Å². The molecular weight excluding hydrogens is 460 g/mol. The minimum absolute atomic E-state index is 0.0159. The monoisotopic (exact) mass is 504 g/mol. The third-order valence-corrected chi connectivity index (χ3v) is 8.26. The van der Waals surface area contributed by atoms with Crippen LogP contribution >= 0.6 is 0 Å². The average Bonchev–Trinajstić information content (AvgIpc) is 3.25. The molecule has 0 saturated carbocycles. The molecule has 0 aliphatic carbocycles. The Bertz CT molecular complexity index is 923. The van der Waals surface area contributed by atoms with Crippen LogP contribution in [0.3, 0.4) is 0 Å². The minimum Gasteiger partial charge on any atom is -0.461 e. The van der Waals surface area contributed by atoms with Crippen LogP contribution in [-0.2, 0) is 23.9 Å². The van der Waals surface area contributed by atoms with Crippen LogP contribution in [0.25, 0.3) is 0 Å². The van der Waals surface area contributed by atoms with Crippen LogP contribution < -0.4 is 0 Å². The third-order valence-electron chi connectivity index (χ3n) is 8.26. The molecule has 0 aromatic heterocycles. The first kappa shape index (κ1) is 28.4. The Morgan fingerprint density at radius 1 is 1.25 bits per heavy atom. The van der Waals surface area contributed by atoms with E-state index in [0.29, 0.717) is 13.0 Å². The maximum Gasteiger partial charge on any atom is 0.313 e. The Hall–Kier alpha value is -2.19. The summed E-state index contributed by atoms with van der Waals surface area (Å²) < 4.78 is 12.1. The standard InChI is InChI=1S/C28H44N2O6/c1-10-12-30(26(7,8)17-25(4,5)6)23(33)21-28-16-18(3)27(9,36-28)20(24(34)35-15-11-2)19(28)22(32)29(21)13-14-31/h10-11,18-21,31H,1-2,12-17H2,3-9H3/t18?,19-,20-,21?,27+,28?/m0/s1. The van der Waals surface area contributed by atoms with Crippen molar-refractivity contribution in [2.24, 2.45) is 23.2 Å². The number of aliphatic hydroxyl groups is 1. The van der Waals surface area contributed by atoms with Crippen molar-refractivity contribution >= 4 is 17.8 Å². The summed E-state index contributed by atoms with van der Waals surface area (Å²) in [4.78, 5) is 44.8. The molecule has 8 heteroatoms. The van der Waals surface area contributed by atoms with Crippen LogP contribution in [-0.4, -0.2) is 81.8 Å². The minimum atomic E-state index is -1.17. The molecule has 3 rings (SSSR count). The van der Waals surface area contributed by atoms with Gasteiger partial charge in [0.1, 0.15) is 24.2 Å². The molecule has 3 fully saturated rings. The molecule has 2 amide bonds. The number of amides is 2. The van der Waals surface area contributed by atoms with E-state index in [1.165, 1.54) is 11.0 Å². The van der Waals surface area contributed by atoms with E-state index in [9.17, 15) is 19.5 Å². The van der Waals surface area contributed by atoms with Crippen LogP contribution in [0.1, 0.15) is 61.3 Å². The van der Waals surface area contributed by atoms with Crippen molar-refractivity contribution in [3.8, 4) is 0 Å². The fourth-order valence-electron chi connectivity index (χ4n) is 7.26. The van der Waals surface area contributed by atoms with Crippen molar-refractivity contribution in [1.29, 1.82) is 0 Å². The molecule has 3 heterocycles. The zero-order valence-corrected chi connectivity index (χ0v) is 23.0. The zero-order chi connectivity index (χ0) is 27.3. The van der Waals surface area contributed by atoms with Crippen molar-refractivity contribution < 1.29 is 29.0 Å². The molecule has 3 aliphatic heterocycles. The molecule has 0 radical (unpaired) electrons. The predicted molar refractivity (Wildman–Crippen MR) is 137 cm³/mol. The van der Waals surface area contributed by atoms with Gasteiger partial charge >= 0.3 is 5.97 Å². The molecule has 1 spiro atoms. The van der Waals surface area contributed by atoms with Gasteiger partial charge in [-0.1, -0.05) is 46.4 Å². The highest BCUT2D eigenvalue weighted by Crippen LogP contribution is 2.65. The van der Waals surface area contributed by atoms with Gasteiger partial charge in [0.25, 0.3) is 0 Å². The number of carbonyl (C=O) groups is 3. The Labute approximate surface area is 215 Å². The molecule has 3 saturated heterocycles. The number of hydrogen-bond acceptors (Lipinski definition) is 6. The predicted octanol–water partition coefficient (Wildman–Crippen LogP) is 2.95. The lowest BCUT2D eigenvalue weighted by Gasteiger charge is -2.45. The van der Waals surface area contributed by atoms with Gasteiger partial charge in [0.05, 0.1) is 18.1 Å². The summed E-state index contributed by atoms with van der Waals surface area (Å²) in [6.45, 7) is 21.8. The van der Waals surface area contributed by atoms with Crippen LogP contribution in [0.2, 0.25) is 0 Å². The highest BCUT2D eigenvalue weighted by molar-refractivity contribution is 5.98. The van der Waals surface area contributed by atoms with Crippen LogP contribution in [0.15, 0.2) is 25.3 Å². The second-order valence-corrected chi connectivity index (χ2v) is 12.7. The van der Waals surface area contributed by atoms with Gasteiger partial charge in [-0.25, -0.2) is 0 Å². The van der Waals surface area contributed by atoms with Crippen molar-refractivity contribution in [3.05, 3.63) is 25.3 Å². The molecule has 6 atom stereocenters. The molecule has 3 aliphatic rings. The maximum absolute atomic E-state index is 14.5. The van der Waals surface area contributed by atoms with Gasteiger partial charge < -0.3 is 24.4 Å². The molecule has 8 nitrogen and oxygen atoms in total. The summed E-state index contributed by atoms with van der Waals surface area (Å²) in [5.41, 5.74) is -2.70. The maximum atomic E-state index is 14.5. The number of ether oxygens (including phenoxy) is 2. The highest BCUT2D eigenvalue weighted by Gasteiger charge is 2.80. The number of hydrogen-bond donors (Lipinski definition) is 1. The van der Waals surface area contributed by atoms with Crippen LogP contribution in [0.5, 0.6) is 0 Å².